The highest BCUT2D eigenvalue weighted by molar-refractivity contribution is 7.92. The quantitative estimate of drug-likeness (QED) is 0.340. The number of aryl methyl sites for hydroxylation is 1. The Kier molecular flexibility index (Phi) is 6.89. The molecule has 0 atom stereocenters. The first-order valence-electron chi connectivity index (χ1n) is 9.86. The molecule has 0 aliphatic heterocycles. The molecule has 4 N–H and O–H groups in total. The van der Waals surface area contributed by atoms with Crippen LogP contribution in [0.2, 0.25) is 0 Å². The minimum atomic E-state index is -3.90. The van der Waals surface area contributed by atoms with Gasteiger partial charge in [0.05, 0.1) is 34.6 Å². The van der Waals surface area contributed by atoms with Gasteiger partial charge in [-0.3, -0.25) is 4.72 Å². The molecule has 0 radical (unpaired) electrons. The molecule has 168 valence electrons. The van der Waals surface area contributed by atoms with Crippen molar-refractivity contribution in [2.24, 2.45) is 0 Å². The zero-order valence-corrected chi connectivity index (χ0v) is 18.8. The van der Waals surface area contributed by atoms with Crippen molar-refractivity contribution in [2.75, 3.05) is 29.4 Å². The van der Waals surface area contributed by atoms with E-state index in [9.17, 15) is 13.2 Å². The van der Waals surface area contributed by atoms with Gasteiger partial charge in [0.2, 0.25) is 0 Å². The number of carbonyl (C=O) groups is 1. The van der Waals surface area contributed by atoms with Crippen molar-refractivity contribution >= 4 is 33.1 Å². The van der Waals surface area contributed by atoms with Crippen molar-refractivity contribution in [3.63, 3.8) is 0 Å². The summed E-state index contributed by atoms with van der Waals surface area (Å²) in [6, 6.07) is 16.0. The fourth-order valence-electron chi connectivity index (χ4n) is 2.95. The van der Waals surface area contributed by atoms with E-state index in [2.05, 4.69) is 10.0 Å². The molecule has 0 saturated heterocycles. The third kappa shape index (κ3) is 5.30. The Morgan fingerprint density at radius 3 is 2.28 bits per heavy atom. The van der Waals surface area contributed by atoms with Crippen molar-refractivity contribution < 1.29 is 22.7 Å². The second kappa shape index (κ2) is 9.61. The van der Waals surface area contributed by atoms with E-state index in [1.807, 2.05) is 13.8 Å². The molecule has 0 aliphatic carbocycles. The largest absolute Gasteiger partial charge is 0.465 e. The number of anilines is 3. The minimum absolute atomic E-state index is 0.0167. The van der Waals surface area contributed by atoms with Crippen LogP contribution in [0.5, 0.6) is 11.5 Å². The molecule has 8 nitrogen and oxygen atoms in total. The number of hydrogen-bond acceptors (Lipinski definition) is 7. The average molecular weight is 456 g/mol. The first kappa shape index (κ1) is 23.0. The number of ether oxygens (including phenoxy) is 2. The van der Waals surface area contributed by atoms with Gasteiger partial charge in [0, 0.05) is 12.6 Å². The van der Waals surface area contributed by atoms with Crippen LogP contribution in [0, 0.1) is 6.92 Å². The maximum Gasteiger partial charge on any atom is 0.340 e. The molecule has 0 amide bonds. The van der Waals surface area contributed by atoms with Crippen LogP contribution in [0.25, 0.3) is 0 Å². The van der Waals surface area contributed by atoms with E-state index in [4.69, 9.17) is 15.2 Å². The second-order valence-electron chi connectivity index (χ2n) is 7.00. The summed E-state index contributed by atoms with van der Waals surface area (Å²) in [6.07, 6.45) is 0. The van der Waals surface area contributed by atoms with Crippen LogP contribution in [-0.2, 0) is 14.8 Å². The standard InChI is InChI=1S/C23H25N3O5S/c1-4-25-22-14-17(7-11-20(22)24)31-16-8-12-21(19(13-16)23(27)30-3)26-32(28,29)18-9-5-15(2)6-10-18/h5-14,25-26H,4,24H2,1-3H3. The lowest BCUT2D eigenvalue weighted by Crippen LogP contribution is -2.16. The van der Waals surface area contributed by atoms with Crippen LogP contribution in [-0.4, -0.2) is 28.0 Å². The minimum Gasteiger partial charge on any atom is -0.465 e. The van der Waals surface area contributed by atoms with Gasteiger partial charge in [0.15, 0.2) is 0 Å². The third-order valence-corrected chi connectivity index (χ3v) is 5.98. The summed E-state index contributed by atoms with van der Waals surface area (Å²) in [5.74, 6) is 0.123. The molecule has 3 rings (SSSR count). The summed E-state index contributed by atoms with van der Waals surface area (Å²) in [4.78, 5) is 12.4. The van der Waals surface area contributed by atoms with Crippen LogP contribution in [0.3, 0.4) is 0 Å². The molecule has 0 fully saturated rings. The Bertz CT molecular complexity index is 1220. The summed E-state index contributed by atoms with van der Waals surface area (Å²) < 4.78 is 38.7. The average Bonchev–Trinajstić information content (AvgIpc) is 2.77. The van der Waals surface area contributed by atoms with Crippen molar-refractivity contribution in [1.82, 2.24) is 0 Å². The van der Waals surface area contributed by atoms with Gasteiger partial charge >= 0.3 is 5.97 Å². The Labute approximate surface area is 187 Å². The zero-order valence-electron chi connectivity index (χ0n) is 18.0. The summed E-state index contributed by atoms with van der Waals surface area (Å²) in [5, 5.41) is 3.14. The third-order valence-electron chi connectivity index (χ3n) is 4.60. The number of rotatable bonds is 8. The number of carbonyl (C=O) groups excluding carboxylic acids is 1. The Balaban J connectivity index is 1.92. The van der Waals surface area contributed by atoms with E-state index in [0.29, 0.717) is 23.7 Å². The lowest BCUT2D eigenvalue weighted by Gasteiger charge is -2.14. The van der Waals surface area contributed by atoms with Crippen LogP contribution >= 0.6 is 0 Å². The van der Waals surface area contributed by atoms with Crippen molar-refractivity contribution in [1.29, 1.82) is 0 Å². The van der Waals surface area contributed by atoms with Gasteiger partial charge in [-0.2, -0.15) is 0 Å². The predicted octanol–water partition coefficient (Wildman–Crippen LogP) is 4.39. The highest BCUT2D eigenvalue weighted by atomic mass is 32.2. The summed E-state index contributed by atoms with van der Waals surface area (Å²) in [5.41, 5.74) is 8.27. The number of sulfonamides is 1. The van der Waals surface area contributed by atoms with Crippen molar-refractivity contribution in [3.8, 4) is 11.5 Å². The molecule has 0 heterocycles. The van der Waals surface area contributed by atoms with Gasteiger partial charge in [0.25, 0.3) is 10.0 Å². The van der Waals surface area contributed by atoms with Gasteiger partial charge in [-0.1, -0.05) is 17.7 Å². The van der Waals surface area contributed by atoms with E-state index in [1.54, 1.807) is 36.4 Å². The molecule has 3 aromatic rings. The lowest BCUT2D eigenvalue weighted by atomic mass is 10.1. The van der Waals surface area contributed by atoms with Gasteiger partial charge in [-0.15, -0.1) is 0 Å². The highest BCUT2D eigenvalue weighted by Crippen LogP contribution is 2.31. The second-order valence-corrected chi connectivity index (χ2v) is 8.68. The number of methoxy groups -OCH3 is 1. The lowest BCUT2D eigenvalue weighted by molar-refractivity contribution is 0.0601. The van der Waals surface area contributed by atoms with E-state index < -0.39 is 16.0 Å². The number of nitrogen functional groups attached to an aromatic ring is 1. The number of nitrogens with one attached hydrogen (secondary N) is 2. The van der Waals surface area contributed by atoms with Crippen LogP contribution < -0.4 is 20.5 Å². The molecule has 0 unspecified atom stereocenters. The molecule has 0 saturated carbocycles. The first-order chi connectivity index (χ1) is 15.2. The maximum absolute atomic E-state index is 12.8. The molecule has 0 spiro atoms. The van der Waals surface area contributed by atoms with Gasteiger partial charge in [-0.05, 0) is 56.3 Å². The fourth-order valence-corrected chi connectivity index (χ4v) is 4.03. The van der Waals surface area contributed by atoms with Crippen molar-refractivity contribution in [3.05, 3.63) is 71.8 Å². The van der Waals surface area contributed by atoms with Crippen LogP contribution in [0.1, 0.15) is 22.8 Å². The number of esters is 1. The number of hydrogen-bond donors (Lipinski definition) is 3. The molecule has 0 aromatic heterocycles. The van der Waals surface area contributed by atoms with E-state index in [0.717, 1.165) is 11.3 Å². The molecule has 3 aromatic carbocycles. The summed E-state index contributed by atoms with van der Waals surface area (Å²) in [6.45, 7) is 4.50. The smallest absolute Gasteiger partial charge is 0.340 e. The van der Waals surface area contributed by atoms with Crippen LogP contribution in [0.4, 0.5) is 17.1 Å². The summed E-state index contributed by atoms with van der Waals surface area (Å²) in [7, 11) is -2.68. The number of nitrogens with two attached hydrogens (primary N) is 1. The molecule has 32 heavy (non-hydrogen) atoms. The van der Waals surface area contributed by atoms with Gasteiger partial charge < -0.3 is 20.5 Å². The highest BCUT2D eigenvalue weighted by Gasteiger charge is 2.20. The SMILES string of the molecule is CCNc1cc(Oc2ccc(NS(=O)(=O)c3ccc(C)cc3)c(C(=O)OC)c2)ccc1N. The molecule has 0 aliphatic rings. The Morgan fingerprint density at radius 2 is 1.62 bits per heavy atom. The molecule has 0 bridgehead atoms. The normalized spacial score (nSPS) is 11.0. The van der Waals surface area contributed by atoms with Gasteiger partial charge in [0.1, 0.15) is 11.5 Å². The zero-order chi connectivity index (χ0) is 23.3. The van der Waals surface area contributed by atoms with E-state index in [1.165, 1.54) is 31.4 Å². The van der Waals surface area contributed by atoms with E-state index in [-0.39, 0.29) is 16.1 Å². The van der Waals surface area contributed by atoms with Crippen molar-refractivity contribution in [2.45, 2.75) is 18.7 Å². The van der Waals surface area contributed by atoms with Crippen LogP contribution in [0.15, 0.2) is 65.6 Å². The Hall–Kier alpha value is -3.72. The molecular weight excluding hydrogens is 430 g/mol. The van der Waals surface area contributed by atoms with Gasteiger partial charge in [-0.25, -0.2) is 13.2 Å². The number of benzene rings is 3. The first-order valence-corrected chi connectivity index (χ1v) is 11.3. The van der Waals surface area contributed by atoms with E-state index >= 15 is 0 Å². The molecule has 9 heteroatoms. The topological polar surface area (TPSA) is 120 Å². The molecular formula is C23H25N3O5S. The summed E-state index contributed by atoms with van der Waals surface area (Å²) >= 11 is 0. The fraction of sp³-hybridized carbons (Fsp3) is 0.174. The maximum atomic E-state index is 12.8. The Morgan fingerprint density at radius 1 is 0.969 bits per heavy atom. The predicted molar refractivity (Wildman–Crippen MR) is 125 cm³/mol. The monoisotopic (exact) mass is 455 g/mol.